The van der Waals surface area contributed by atoms with Crippen molar-refractivity contribution in [3.05, 3.63) is 56.6 Å². The molecule has 0 radical (unpaired) electrons. The van der Waals surface area contributed by atoms with Gasteiger partial charge in [0.2, 0.25) is 10.0 Å². The molecule has 3 N–H and O–H groups in total. The molecule has 10 heteroatoms. The number of ether oxygens (including phenoxy) is 1. The van der Waals surface area contributed by atoms with Crippen molar-refractivity contribution in [2.24, 2.45) is 5.14 Å². The third-order valence-corrected chi connectivity index (χ3v) is 4.91. The lowest BCUT2D eigenvalue weighted by Gasteiger charge is -2.08. The van der Waals surface area contributed by atoms with Crippen LogP contribution in [0.2, 0.25) is 5.02 Å². The van der Waals surface area contributed by atoms with E-state index < -0.39 is 28.5 Å². The number of hydrogen-bond donors (Lipinski definition) is 2. The number of nitrogens with one attached hydrogen (secondary N) is 1. The second-order valence-electron chi connectivity index (χ2n) is 4.82. The Balaban J connectivity index is 2.02. The number of carbonyl (C=O) groups excluding carboxylic acids is 2. The SMILES string of the molecule is NS(=O)(=O)c1ccc(Cl)c(C(=O)OCC(=O)Nc2ccc(I)cc2)c1. The number of halogens is 2. The molecule has 132 valence electrons. The van der Waals surface area contributed by atoms with Gasteiger partial charge in [-0.3, -0.25) is 4.79 Å². The fraction of sp³-hybridized carbons (Fsp3) is 0.0667. The number of hydrogen-bond acceptors (Lipinski definition) is 5. The number of primary sulfonamides is 1. The number of esters is 1. The van der Waals surface area contributed by atoms with Crippen molar-refractivity contribution < 1.29 is 22.7 Å². The smallest absolute Gasteiger partial charge is 0.340 e. The largest absolute Gasteiger partial charge is 0.452 e. The van der Waals surface area contributed by atoms with E-state index >= 15 is 0 Å². The Kier molecular flexibility index (Phi) is 6.38. The molecule has 0 saturated carbocycles. The third-order valence-electron chi connectivity index (χ3n) is 2.95. The third kappa shape index (κ3) is 5.66. The van der Waals surface area contributed by atoms with Gasteiger partial charge in [-0.25, -0.2) is 18.4 Å². The van der Waals surface area contributed by atoms with Crippen molar-refractivity contribution in [2.75, 3.05) is 11.9 Å². The zero-order valence-corrected chi connectivity index (χ0v) is 16.3. The summed E-state index contributed by atoms with van der Waals surface area (Å²) in [6.07, 6.45) is 0. The van der Waals surface area contributed by atoms with Crippen LogP contribution < -0.4 is 10.5 Å². The van der Waals surface area contributed by atoms with E-state index in [1.165, 1.54) is 6.07 Å². The molecule has 0 aliphatic heterocycles. The first-order valence-electron chi connectivity index (χ1n) is 6.72. The predicted molar refractivity (Wildman–Crippen MR) is 101 cm³/mol. The molecule has 0 heterocycles. The summed E-state index contributed by atoms with van der Waals surface area (Å²) in [5.74, 6) is -1.48. The number of anilines is 1. The van der Waals surface area contributed by atoms with E-state index in [1.54, 1.807) is 24.3 Å². The van der Waals surface area contributed by atoms with Gasteiger partial charge < -0.3 is 10.1 Å². The molecule has 2 rings (SSSR count). The van der Waals surface area contributed by atoms with Gasteiger partial charge in [0.1, 0.15) is 0 Å². The van der Waals surface area contributed by atoms with Crippen LogP contribution in [0.4, 0.5) is 5.69 Å². The van der Waals surface area contributed by atoms with Crippen molar-refractivity contribution in [1.29, 1.82) is 0 Å². The Morgan fingerprint density at radius 3 is 2.40 bits per heavy atom. The minimum atomic E-state index is -4.00. The predicted octanol–water partition coefficient (Wildman–Crippen LogP) is 2.39. The lowest BCUT2D eigenvalue weighted by molar-refractivity contribution is -0.119. The quantitative estimate of drug-likeness (QED) is 0.489. The second-order valence-corrected chi connectivity index (χ2v) is 8.03. The van der Waals surface area contributed by atoms with Gasteiger partial charge in [0, 0.05) is 9.26 Å². The van der Waals surface area contributed by atoms with E-state index in [2.05, 4.69) is 27.9 Å². The van der Waals surface area contributed by atoms with Crippen LogP contribution in [0.15, 0.2) is 47.4 Å². The van der Waals surface area contributed by atoms with E-state index in [0.29, 0.717) is 5.69 Å². The second kappa shape index (κ2) is 8.13. The summed E-state index contributed by atoms with van der Waals surface area (Å²) in [6, 6.07) is 10.4. The minimum absolute atomic E-state index is 0.0181. The maximum atomic E-state index is 12.0. The number of sulfonamides is 1. The molecule has 2 aromatic rings. The van der Waals surface area contributed by atoms with Crippen LogP contribution in [-0.2, 0) is 19.6 Å². The Hall–Kier alpha value is -1.69. The van der Waals surface area contributed by atoms with E-state index in [9.17, 15) is 18.0 Å². The van der Waals surface area contributed by atoms with Crippen LogP contribution >= 0.6 is 34.2 Å². The van der Waals surface area contributed by atoms with Crippen molar-refractivity contribution in [3.63, 3.8) is 0 Å². The molecule has 0 aromatic heterocycles. The van der Waals surface area contributed by atoms with Crippen LogP contribution in [0.1, 0.15) is 10.4 Å². The molecule has 0 unspecified atom stereocenters. The maximum Gasteiger partial charge on any atom is 0.340 e. The fourth-order valence-corrected chi connectivity index (χ4v) is 2.87. The maximum absolute atomic E-state index is 12.0. The molecule has 7 nitrogen and oxygen atoms in total. The first-order chi connectivity index (χ1) is 11.7. The molecule has 0 spiro atoms. The average molecular weight is 495 g/mol. The van der Waals surface area contributed by atoms with Crippen molar-refractivity contribution in [2.45, 2.75) is 4.90 Å². The van der Waals surface area contributed by atoms with Crippen molar-refractivity contribution in [3.8, 4) is 0 Å². The van der Waals surface area contributed by atoms with Gasteiger partial charge in [0.15, 0.2) is 6.61 Å². The Morgan fingerprint density at radius 1 is 1.16 bits per heavy atom. The van der Waals surface area contributed by atoms with E-state index in [4.69, 9.17) is 21.5 Å². The van der Waals surface area contributed by atoms with Crippen molar-refractivity contribution in [1.82, 2.24) is 0 Å². The zero-order valence-electron chi connectivity index (χ0n) is 12.5. The Bertz CT molecular complexity index is 916. The molecule has 25 heavy (non-hydrogen) atoms. The summed E-state index contributed by atoms with van der Waals surface area (Å²) in [4.78, 5) is 23.5. The molecule has 0 aliphatic carbocycles. The molecule has 1 amide bonds. The molecule has 0 fully saturated rings. The summed E-state index contributed by atoms with van der Waals surface area (Å²) in [5.41, 5.74) is 0.353. The number of carbonyl (C=O) groups is 2. The minimum Gasteiger partial charge on any atom is -0.452 e. The molecular formula is C15H12ClIN2O5S. The fourth-order valence-electron chi connectivity index (χ4n) is 1.78. The lowest BCUT2D eigenvalue weighted by Crippen LogP contribution is -2.21. The summed E-state index contributed by atoms with van der Waals surface area (Å²) >= 11 is 7.99. The highest BCUT2D eigenvalue weighted by atomic mass is 127. The van der Waals surface area contributed by atoms with Gasteiger partial charge in [0.25, 0.3) is 5.91 Å². The highest BCUT2D eigenvalue weighted by Gasteiger charge is 2.18. The summed E-state index contributed by atoms with van der Waals surface area (Å²) in [7, 11) is -4.00. The van der Waals surface area contributed by atoms with Gasteiger partial charge in [0.05, 0.1) is 15.5 Å². The van der Waals surface area contributed by atoms with Gasteiger partial charge >= 0.3 is 5.97 Å². The first-order valence-corrected chi connectivity index (χ1v) is 9.72. The van der Waals surface area contributed by atoms with Crippen LogP contribution in [0.3, 0.4) is 0 Å². The molecular weight excluding hydrogens is 483 g/mol. The number of nitrogens with two attached hydrogens (primary N) is 1. The van der Waals surface area contributed by atoms with Gasteiger partial charge in [-0.1, -0.05) is 11.6 Å². The van der Waals surface area contributed by atoms with Gasteiger partial charge in [-0.05, 0) is 65.1 Å². The van der Waals surface area contributed by atoms with Crippen LogP contribution in [0.25, 0.3) is 0 Å². The number of rotatable bonds is 5. The summed E-state index contributed by atoms with van der Waals surface area (Å²) in [5, 5.41) is 7.55. The Labute approximate surface area is 162 Å². The summed E-state index contributed by atoms with van der Waals surface area (Å²) < 4.78 is 28.5. The van der Waals surface area contributed by atoms with Crippen molar-refractivity contribution >= 4 is 61.8 Å². The van der Waals surface area contributed by atoms with E-state index in [1.807, 2.05) is 0 Å². The first kappa shape index (κ1) is 19.6. The van der Waals surface area contributed by atoms with Crippen LogP contribution in [0.5, 0.6) is 0 Å². The zero-order chi connectivity index (χ0) is 18.6. The normalized spacial score (nSPS) is 11.0. The van der Waals surface area contributed by atoms with Gasteiger partial charge in [-0.2, -0.15) is 0 Å². The number of amides is 1. The molecule has 2 aromatic carbocycles. The Morgan fingerprint density at radius 2 is 1.80 bits per heavy atom. The highest BCUT2D eigenvalue weighted by molar-refractivity contribution is 14.1. The molecule has 0 atom stereocenters. The standard InChI is InChI=1S/C15H12ClIN2O5S/c16-13-6-5-11(25(18,22)23)7-12(13)15(21)24-8-14(20)19-10-3-1-9(17)2-4-10/h1-7H,8H2,(H,19,20)(H2,18,22,23). The average Bonchev–Trinajstić information content (AvgIpc) is 2.54. The van der Waals surface area contributed by atoms with Gasteiger partial charge in [-0.15, -0.1) is 0 Å². The topological polar surface area (TPSA) is 116 Å². The molecule has 0 saturated heterocycles. The van der Waals surface area contributed by atoms with E-state index in [0.717, 1.165) is 15.7 Å². The molecule has 0 aliphatic rings. The van der Waals surface area contributed by atoms with Crippen LogP contribution in [-0.4, -0.2) is 26.9 Å². The monoisotopic (exact) mass is 494 g/mol. The lowest BCUT2D eigenvalue weighted by atomic mass is 10.2. The number of benzene rings is 2. The van der Waals surface area contributed by atoms with E-state index in [-0.39, 0.29) is 15.5 Å². The molecule has 0 bridgehead atoms. The van der Waals surface area contributed by atoms with Crippen LogP contribution in [0, 0.1) is 3.57 Å². The highest BCUT2D eigenvalue weighted by Crippen LogP contribution is 2.20. The summed E-state index contributed by atoms with van der Waals surface area (Å²) in [6.45, 7) is -0.555.